The predicted octanol–water partition coefficient (Wildman–Crippen LogP) is 1.79. The minimum Gasteiger partial charge on any atom is -0.395 e. The van der Waals surface area contributed by atoms with Gasteiger partial charge >= 0.3 is 0 Å². The molecule has 0 saturated carbocycles. The third kappa shape index (κ3) is 2.58. The van der Waals surface area contributed by atoms with Crippen LogP contribution in [0.25, 0.3) is 0 Å². The van der Waals surface area contributed by atoms with Crippen LogP contribution in [0.15, 0.2) is 30.3 Å². The number of aliphatic hydroxyl groups excluding tert-OH is 1. The quantitative estimate of drug-likeness (QED) is 0.856. The topological polar surface area (TPSA) is 35.5 Å². The van der Waals surface area contributed by atoms with E-state index in [0.29, 0.717) is 6.04 Å². The van der Waals surface area contributed by atoms with Gasteiger partial charge in [0.05, 0.1) is 6.61 Å². The summed E-state index contributed by atoms with van der Waals surface area (Å²) in [4.78, 5) is 2.44. The summed E-state index contributed by atoms with van der Waals surface area (Å²) in [7, 11) is 0. The van der Waals surface area contributed by atoms with E-state index in [2.05, 4.69) is 55.3 Å². The number of aliphatic hydroxyl groups is 1. The van der Waals surface area contributed by atoms with Gasteiger partial charge in [-0.2, -0.15) is 0 Å². The van der Waals surface area contributed by atoms with Gasteiger partial charge < -0.3 is 10.4 Å². The number of benzene rings is 1. The lowest BCUT2D eigenvalue weighted by molar-refractivity contribution is -0.0208. The summed E-state index contributed by atoms with van der Waals surface area (Å²) in [5.41, 5.74) is 1.37. The first-order chi connectivity index (χ1) is 8.56. The average molecular weight is 248 g/mol. The standard InChI is InChI=1S/C15H24N2O/c1-12(13-7-5-4-6-8-13)17-14(10-18)9-16-11-15(17,2)3/h4-8,12,14,16,18H,9-11H2,1-3H3. The van der Waals surface area contributed by atoms with Crippen LogP contribution in [0.5, 0.6) is 0 Å². The van der Waals surface area contributed by atoms with Gasteiger partial charge in [0.1, 0.15) is 0 Å². The molecule has 1 aliphatic heterocycles. The molecule has 2 rings (SSSR count). The molecular formula is C15H24N2O. The second-order valence-electron chi connectivity index (χ2n) is 5.77. The molecule has 0 aliphatic carbocycles. The minimum atomic E-state index is 0.0565. The van der Waals surface area contributed by atoms with Crippen LogP contribution in [-0.2, 0) is 0 Å². The SMILES string of the molecule is CC(c1ccccc1)N1C(CO)CNCC1(C)C. The first-order valence-corrected chi connectivity index (χ1v) is 6.71. The zero-order valence-corrected chi connectivity index (χ0v) is 11.6. The van der Waals surface area contributed by atoms with Crippen molar-refractivity contribution < 1.29 is 5.11 Å². The van der Waals surface area contributed by atoms with Crippen molar-refractivity contribution in [1.82, 2.24) is 10.2 Å². The number of nitrogens with zero attached hydrogens (tertiary/aromatic N) is 1. The lowest BCUT2D eigenvalue weighted by atomic mass is 9.91. The Balaban J connectivity index is 2.27. The molecule has 0 radical (unpaired) electrons. The molecule has 1 aromatic rings. The van der Waals surface area contributed by atoms with Crippen LogP contribution in [-0.4, -0.2) is 41.3 Å². The number of hydrogen-bond donors (Lipinski definition) is 2. The van der Waals surface area contributed by atoms with Crippen LogP contribution in [0.2, 0.25) is 0 Å². The molecule has 2 N–H and O–H groups in total. The molecule has 1 heterocycles. The Hall–Kier alpha value is -0.900. The Morgan fingerprint density at radius 2 is 2.06 bits per heavy atom. The molecule has 1 fully saturated rings. The van der Waals surface area contributed by atoms with Gasteiger partial charge in [0.25, 0.3) is 0 Å². The Kier molecular flexibility index (Phi) is 4.05. The van der Waals surface area contributed by atoms with E-state index in [1.165, 1.54) is 5.56 Å². The summed E-state index contributed by atoms with van der Waals surface area (Å²) in [6.45, 7) is 8.72. The van der Waals surface area contributed by atoms with E-state index in [-0.39, 0.29) is 18.2 Å². The van der Waals surface area contributed by atoms with Gasteiger partial charge in [-0.25, -0.2) is 0 Å². The number of piperazine rings is 1. The van der Waals surface area contributed by atoms with Crippen molar-refractivity contribution in [3.8, 4) is 0 Å². The van der Waals surface area contributed by atoms with E-state index < -0.39 is 0 Å². The van der Waals surface area contributed by atoms with Crippen LogP contribution >= 0.6 is 0 Å². The Labute approximate surface area is 110 Å². The van der Waals surface area contributed by atoms with Crippen LogP contribution in [0, 0.1) is 0 Å². The fourth-order valence-corrected chi connectivity index (χ4v) is 3.11. The van der Waals surface area contributed by atoms with Crippen molar-refractivity contribution in [3.63, 3.8) is 0 Å². The lowest BCUT2D eigenvalue weighted by Gasteiger charge is -2.50. The minimum absolute atomic E-state index is 0.0565. The zero-order chi connectivity index (χ0) is 13.2. The molecule has 3 nitrogen and oxygen atoms in total. The van der Waals surface area contributed by atoms with E-state index >= 15 is 0 Å². The van der Waals surface area contributed by atoms with Crippen LogP contribution in [0.1, 0.15) is 32.4 Å². The average Bonchev–Trinajstić information content (AvgIpc) is 2.37. The number of rotatable bonds is 3. The molecule has 1 aliphatic rings. The van der Waals surface area contributed by atoms with Gasteiger partial charge in [-0.3, -0.25) is 4.90 Å². The monoisotopic (exact) mass is 248 g/mol. The molecule has 2 atom stereocenters. The van der Waals surface area contributed by atoms with Gasteiger partial charge in [0.2, 0.25) is 0 Å². The highest BCUT2D eigenvalue weighted by Gasteiger charge is 2.39. The molecule has 0 aromatic heterocycles. The molecule has 18 heavy (non-hydrogen) atoms. The summed E-state index contributed by atoms with van der Waals surface area (Å²) >= 11 is 0. The smallest absolute Gasteiger partial charge is 0.0599 e. The fourth-order valence-electron chi connectivity index (χ4n) is 3.11. The maximum Gasteiger partial charge on any atom is 0.0599 e. The van der Waals surface area contributed by atoms with Crippen LogP contribution < -0.4 is 5.32 Å². The summed E-state index contributed by atoms with van der Waals surface area (Å²) in [6.07, 6.45) is 0. The molecule has 0 spiro atoms. The van der Waals surface area contributed by atoms with E-state index in [9.17, 15) is 5.11 Å². The molecule has 1 aromatic carbocycles. The number of nitrogens with one attached hydrogen (secondary N) is 1. The molecule has 100 valence electrons. The molecule has 0 amide bonds. The van der Waals surface area contributed by atoms with Crippen molar-refractivity contribution in [1.29, 1.82) is 0 Å². The number of hydrogen-bond acceptors (Lipinski definition) is 3. The van der Waals surface area contributed by atoms with Gasteiger partial charge in [0, 0.05) is 30.7 Å². The van der Waals surface area contributed by atoms with E-state index in [1.54, 1.807) is 0 Å². The molecule has 2 unspecified atom stereocenters. The van der Waals surface area contributed by atoms with Gasteiger partial charge in [-0.05, 0) is 26.3 Å². The highest BCUT2D eigenvalue weighted by molar-refractivity contribution is 5.19. The molecule has 1 saturated heterocycles. The van der Waals surface area contributed by atoms with Gasteiger partial charge in [-0.1, -0.05) is 30.3 Å². The van der Waals surface area contributed by atoms with E-state index in [4.69, 9.17) is 0 Å². The van der Waals surface area contributed by atoms with Crippen LogP contribution in [0.3, 0.4) is 0 Å². The summed E-state index contributed by atoms with van der Waals surface area (Å²) < 4.78 is 0. The van der Waals surface area contributed by atoms with Crippen molar-refractivity contribution in [3.05, 3.63) is 35.9 Å². The summed E-state index contributed by atoms with van der Waals surface area (Å²) in [6, 6.07) is 11.0. The largest absolute Gasteiger partial charge is 0.395 e. The van der Waals surface area contributed by atoms with Gasteiger partial charge in [-0.15, -0.1) is 0 Å². The molecule has 3 heteroatoms. The highest BCUT2D eigenvalue weighted by Crippen LogP contribution is 2.31. The predicted molar refractivity (Wildman–Crippen MR) is 74.5 cm³/mol. The Morgan fingerprint density at radius 3 is 2.67 bits per heavy atom. The van der Waals surface area contributed by atoms with Crippen molar-refractivity contribution >= 4 is 0 Å². The summed E-state index contributed by atoms with van der Waals surface area (Å²) in [5.74, 6) is 0. The second-order valence-corrected chi connectivity index (χ2v) is 5.77. The first kappa shape index (κ1) is 13.5. The third-order valence-corrected chi connectivity index (χ3v) is 3.94. The zero-order valence-electron chi connectivity index (χ0n) is 11.6. The lowest BCUT2D eigenvalue weighted by Crippen LogP contribution is -2.64. The van der Waals surface area contributed by atoms with E-state index in [0.717, 1.165) is 13.1 Å². The fraction of sp³-hybridized carbons (Fsp3) is 0.600. The molecule has 0 bridgehead atoms. The second kappa shape index (κ2) is 5.39. The van der Waals surface area contributed by atoms with Gasteiger partial charge in [0.15, 0.2) is 0 Å². The van der Waals surface area contributed by atoms with Crippen LogP contribution in [0.4, 0.5) is 0 Å². The van der Waals surface area contributed by atoms with Crippen molar-refractivity contribution in [2.24, 2.45) is 0 Å². The summed E-state index contributed by atoms with van der Waals surface area (Å²) in [5, 5.41) is 13.0. The van der Waals surface area contributed by atoms with Crippen molar-refractivity contribution in [2.45, 2.75) is 38.4 Å². The first-order valence-electron chi connectivity index (χ1n) is 6.71. The van der Waals surface area contributed by atoms with E-state index in [1.807, 2.05) is 6.07 Å². The van der Waals surface area contributed by atoms with Crippen molar-refractivity contribution in [2.75, 3.05) is 19.7 Å². The Morgan fingerprint density at radius 1 is 1.39 bits per heavy atom. The Bertz CT molecular complexity index is 377. The third-order valence-electron chi connectivity index (χ3n) is 3.94. The maximum atomic E-state index is 9.61. The maximum absolute atomic E-state index is 9.61. The highest BCUT2D eigenvalue weighted by atomic mass is 16.3. The molecular weight excluding hydrogens is 224 g/mol. The normalized spacial score (nSPS) is 25.9.